The van der Waals surface area contributed by atoms with Crippen molar-refractivity contribution in [1.29, 1.82) is 0 Å². The normalized spacial score (nSPS) is 17.8. The first kappa shape index (κ1) is 53.2. The maximum absolute atomic E-state index is 14.5. The number of β-lactam (4-membered cyclic amide) rings is 1. The number of carbonyl (C=O) groups is 4. The van der Waals surface area contributed by atoms with Crippen molar-refractivity contribution in [2.24, 2.45) is 5.92 Å². The van der Waals surface area contributed by atoms with Crippen LogP contribution in [0.2, 0.25) is 0 Å². The first-order valence-electron chi connectivity index (χ1n) is 23.1. The molecular weight excluding hydrogens is 882 g/mol. The minimum atomic E-state index is -2.49. The molecule has 5 rings (SSSR count). The molecule has 8 atom stereocenters. The highest BCUT2D eigenvalue weighted by molar-refractivity contribution is 6.03. The molecule has 1 unspecified atom stereocenters. The minimum absolute atomic E-state index is 0.0373. The number of ether oxygens (including phenoxy) is 1. The van der Waals surface area contributed by atoms with Gasteiger partial charge < -0.3 is 50.5 Å². The molecule has 3 amide bonds. The summed E-state index contributed by atoms with van der Waals surface area (Å²) < 4.78 is 18.9. The molecule has 0 saturated carbocycles. The molecule has 1 saturated heterocycles. The number of amides is 3. The fraction of sp³-hybridized carbons (Fsp3) is 0.451. The van der Waals surface area contributed by atoms with Crippen LogP contribution in [-0.2, 0) is 24.8 Å². The van der Waals surface area contributed by atoms with Crippen molar-refractivity contribution >= 4 is 29.4 Å². The second-order valence-electron chi connectivity index (χ2n) is 17.3. The highest BCUT2D eigenvalue weighted by Gasteiger charge is 2.49. The van der Waals surface area contributed by atoms with E-state index in [0.717, 1.165) is 42.7 Å². The van der Waals surface area contributed by atoms with Gasteiger partial charge in [0.15, 0.2) is 5.60 Å². The molecule has 1 heterocycles. The van der Waals surface area contributed by atoms with Crippen LogP contribution in [-0.4, -0.2) is 114 Å². The zero-order valence-electron chi connectivity index (χ0n) is 38.1. The topological polar surface area (TPSA) is 258 Å². The zero-order valence-corrected chi connectivity index (χ0v) is 38.1. The van der Waals surface area contributed by atoms with E-state index in [1.807, 2.05) is 12.1 Å². The average Bonchev–Trinajstić information content (AvgIpc) is 3.35. The smallest absolute Gasteiger partial charge is 0.303 e. The number of methoxy groups -OCH3 is 1. The van der Waals surface area contributed by atoms with E-state index in [9.17, 15) is 59.3 Å². The van der Waals surface area contributed by atoms with Crippen LogP contribution in [0.3, 0.4) is 0 Å². The highest BCUT2D eigenvalue weighted by atomic mass is 19.1. The minimum Gasteiger partial charge on any atom is -0.497 e. The van der Waals surface area contributed by atoms with E-state index >= 15 is 0 Å². The molecule has 0 spiro atoms. The number of unbranched alkanes of at least 4 members (excludes halogenated alkanes) is 7. The molecule has 0 radical (unpaired) electrons. The largest absolute Gasteiger partial charge is 0.497 e. The van der Waals surface area contributed by atoms with E-state index in [1.165, 1.54) is 55.6 Å². The standard InChI is InChI=1S/C51H64FN3O13/c1-68-39-27-19-34(20-28-39)46-40(29-30-41(57)33-17-23-37(52)24-18-33)49(65)55(46)38-25-21-36(22-26-38)51(67,35-13-9-8-10-14-35)50(66)53-54(31-42(58)47(63)48(64)43(59)32-56)44(60)15-11-6-4-2-3-5-7-12-16-45(61)62/h8-10,13-14,17-28,40-43,46-48,56-59,63-64,67H,2-7,11-12,15-16,29-32H2,1H3,(H,53,66)(H,61,62)/t40-,41+,42-,43-,46-,47-,48-,51?/m1/s1. The summed E-state index contributed by atoms with van der Waals surface area (Å²) in [5, 5.41) is 84.2. The van der Waals surface area contributed by atoms with Gasteiger partial charge in [-0.15, -0.1) is 0 Å². The molecule has 1 aliphatic heterocycles. The van der Waals surface area contributed by atoms with E-state index in [-0.39, 0.29) is 36.3 Å². The molecule has 0 aliphatic carbocycles. The number of aliphatic carboxylic acids is 1. The Kier molecular flexibility index (Phi) is 20.0. The van der Waals surface area contributed by atoms with Crippen molar-refractivity contribution in [2.45, 2.75) is 119 Å². The summed E-state index contributed by atoms with van der Waals surface area (Å²) in [4.78, 5) is 54.7. The van der Waals surface area contributed by atoms with E-state index in [0.29, 0.717) is 42.7 Å². The molecule has 4 aromatic carbocycles. The lowest BCUT2D eigenvalue weighted by molar-refractivity contribution is -0.155. The van der Waals surface area contributed by atoms with Gasteiger partial charge in [0, 0.05) is 18.5 Å². The number of nitrogens with one attached hydrogen (secondary N) is 1. The molecule has 17 heteroatoms. The molecule has 4 aromatic rings. The number of anilines is 1. The third-order valence-electron chi connectivity index (χ3n) is 12.5. The molecule has 0 bridgehead atoms. The third-order valence-corrected chi connectivity index (χ3v) is 12.5. The fourth-order valence-electron chi connectivity index (χ4n) is 8.48. The number of aliphatic hydroxyl groups excluding tert-OH is 6. The molecule has 0 aromatic heterocycles. The highest BCUT2D eigenvalue weighted by Crippen LogP contribution is 2.47. The maximum Gasteiger partial charge on any atom is 0.303 e. The van der Waals surface area contributed by atoms with Crippen molar-refractivity contribution in [1.82, 2.24) is 10.4 Å². The Morgan fingerprint density at radius 2 is 1.31 bits per heavy atom. The lowest BCUT2D eigenvalue weighted by atomic mass is 9.78. The van der Waals surface area contributed by atoms with Crippen molar-refractivity contribution in [3.05, 3.63) is 131 Å². The van der Waals surface area contributed by atoms with Gasteiger partial charge in [0.25, 0.3) is 5.91 Å². The van der Waals surface area contributed by atoms with Crippen LogP contribution in [0.5, 0.6) is 5.75 Å². The number of hydrogen-bond acceptors (Lipinski definition) is 12. The number of benzene rings is 4. The maximum atomic E-state index is 14.5. The van der Waals surface area contributed by atoms with Crippen molar-refractivity contribution in [3.63, 3.8) is 0 Å². The van der Waals surface area contributed by atoms with Gasteiger partial charge >= 0.3 is 5.97 Å². The summed E-state index contributed by atoms with van der Waals surface area (Å²) in [5.74, 6) is -3.25. The molecule has 1 fully saturated rings. The molecule has 368 valence electrons. The summed E-state index contributed by atoms with van der Waals surface area (Å²) in [6.45, 7) is -1.72. The van der Waals surface area contributed by atoms with Crippen LogP contribution in [0, 0.1) is 11.7 Å². The van der Waals surface area contributed by atoms with E-state index in [4.69, 9.17) is 9.84 Å². The first-order chi connectivity index (χ1) is 32.6. The summed E-state index contributed by atoms with van der Waals surface area (Å²) in [7, 11) is 1.54. The van der Waals surface area contributed by atoms with Gasteiger partial charge in [0.1, 0.15) is 36.0 Å². The Labute approximate surface area is 395 Å². The van der Waals surface area contributed by atoms with E-state index < -0.39 is 84.8 Å². The van der Waals surface area contributed by atoms with Crippen LogP contribution in [0.15, 0.2) is 103 Å². The van der Waals surface area contributed by atoms with Crippen LogP contribution in [0.1, 0.15) is 111 Å². The Balaban J connectivity index is 1.37. The monoisotopic (exact) mass is 945 g/mol. The number of carboxylic acids is 1. The molecular formula is C51H64FN3O13. The van der Waals surface area contributed by atoms with E-state index in [2.05, 4.69) is 5.43 Å². The second-order valence-corrected chi connectivity index (χ2v) is 17.3. The SMILES string of the molecule is COc1ccc([C@@H]2[C@@H](CC[C@H](O)c3ccc(F)cc3)C(=O)N2c2ccc(C(O)(C(=O)NN(C[C@@H](O)[C@@H](O)[C@H](O)[C@H](O)CO)C(=O)CCCCCCCCCCC(=O)O)c3ccccc3)cc2)cc1. The van der Waals surface area contributed by atoms with Gasteiger partial charge in [-0.1, -0.05) is 105 Å². The van der Waals surface area contributed by atoms with Gasteiger partial charge in [-0.25, -0.2) is 4.39 Å². The number of rotatable bonds is 27. The number of aliphatic hydroxyl groups is 7. The summed E-state index contributed by atoms with van der Waals surface area (Å²) >= 11 is 0. The van der Waals surface area contributed by atoms with Gasteiger partial charge in [-0.05, 0) is 84.3 Å². The molecule has 9 N–H and O–H groups in total. The zero-order chi connectivity index (χ0) is 49.4. The Morgan fingerprint density at radius 1 is 0.750 bits per heavy atom. The van der Waals surface area contributed by atoms with Crippen molar-refractivity contribution in [2.75, 3.05) is 25.2 Å². The lowest BCUT2D eigenvalue weighted by Crippen LogP contribution is -2.58. The third kappa shape index (κ3) is 13.7. The summed E-state index contributed by atoms with van der Waals surface area (Å²) in [6.07, 6.45) is -2.43. The molecule has 1 aliphatic rings. The number of carbonyl (C=O) groups excluding carboxylic acids is 3. The second kappa shape index (κ2) is 25.5. The summed E-state index contributed by atoms with van der Waals surface area (Å²) in [5.41, 5.74) is 1.81. The van der Waals surface area contributed by atoms with E-state index in [1.54, 1.807) is 47.4 Å². The average molecular weight is 946 g/mol. The fourth-order valence-corrected chi connectivity index (χ4v) is 8.48. The number of hydrogen-bond donors (Lipinski definition) is 9. The lowest BCUT2D eigenvalue weighted by Gasteiger charge is -2.48. The number of halogens is 1. The Morgan fingerprint density at radius 3 is 1.88 bits per heavy atom. The number of nitrogens with zero attached hydrogens (tertiary/aromatic N) is 2. The Hall–Kier alpha value is -5.79. The first-order valence-corrected chi connectivity index (χ1v) is 23.1. The predicted octanol–water partition coefficient (Wildman–Crippen LogP) is 4.57. The van der Waals surface area contributed by atoms with Crippen LogP contribution in [0.4, 0.5) is 10.1 Å². The predicted molar refractivity (Wildman–Crippen MR) is 248 cm³/mol. The van der Waals surface area contributed by atoms with Crippen LogP contribution >= 0.6 is 0 Å². The summed E-state index contributed by atoms with van der Waals surface area (Å²) in [6, 6.07) is 26.2. The van der Waals surface area contributed by atoms with Gasteiger partial charge in [-0.2, -0.15) is 0 Å². The van der Waals surface area contributed by atoms with Crippen molar-refractivity contribution in [3.8, 4) is 5.75 Å². The Bertz CT molecular complexity index is 2220. The van der Waals surface area contributed by atoms with Gasteiger partial charge in [-0.3, -0.25) is 29.6 Å². The quantitative estimate of drug-likeness (QED) is 0.0226. The number of carboxylic acid groups (broad SMARTS) is 1. The molecule has 16 nitrogen and oxygen atoms in total. The number of hydrazine groups is 1. The van der Waals surface area contributed by atoms with Gasteiger partial charge in [0.2, 0.25) is 11.8 Å². The van der Waals surface area contributed by atoms with Crippen LogP contribution in [0.25, 0.3) is 0 Å². The molecule has 68 heavy (non-hydrogen) atoms. The van der Waals surface area contributed by atoms with Crippen LogP contribution < -0.4 is 15.1 Å². The van der Waals surface area contributed by atoms with Crippen molar-refractivity contribution < 1.29 is 69.2 Å². The van der Waals surface area contributed by atoms with Gasteiger partial charge in [0.05, 0.1) is 38.3 Å².